The second-order valence-corrected chi connectivity index (χ2v) is 5.28. The first-order valence-electron chi connectivity index (χ1n) is 7.41. The zero-order chi connectivity index (χ0) is 14.5. The van der Waals surface area contributed by atoms with Crippen molar-refractivity contribution in [2.24, 2.45) is 0 Å². The van der Waals surface area contributed by atoms with Crippen molar-refractivity contribution in [3.8, 4) is 5.69 Å². The molecule has 1 aromatic heterocycles. The third-order valence-corrected chi connectivity index (χ3v) is 3.82. The molecule has 0 unspecified atom stereocenters. The first kappa shape index (κ1) is 14.2. The SMILES string of the molecule is Fc1ccc(-n2cccn2)c(CCCN2CCOCC2)c1. The minimum atomic E-state index is -0.188. The molecule has 5 heteroatoms. The van der Waals surface area contributed by atoms with Gasteiger partial charge in [-0.05, 0) is 49.2 Å². The fourth-order valence-corrected chi connectivity index (χ4v) is 2.71. The molecule has 1 aromatic carbocycles. The van der Waals surface area contributed by atoms with Crippen molar-refractivity contribution < 1.29 is 9.13 Å². The molecule has 0 radical (unpaired) electrons. The van der Waals surface area contributed by atoms with Gasteiger partial charge in [0.2, 0.25) is 0 Å². The van der Waals surface area contributed by atoms with E-state index < -0.39 is 0 Å². The van der Waals surface area contributed by atoms with Gasteiger partial charge in [0.05, 0.1) is 18.9 Å². The summed E-state index contributed by atoms with van der Waals surface area (Å²) in [4.78, 5) is 2.40. The second-order valence-electron chi connectivity index (χ2n) is 5.28. The van der Waals surface area contributed by atoms with Crippen molar-refractivity contribution in [2.75, 3.05) is 32.8 Å². The van der Waals surface area contributed by atoms with Crippen LogP contribution in [0.4, 0.5) is 4.39 Å². The van der Waals surface area contributed by atoms with E-state index >= 15 is 0 Å². The topological polar surface area (TPSA) is 30.3 Å². The molecule has 0 N–H and O–H groups in total. The number of benzene rings is 1. The molecule has 1 aliphatic rings. The molecule has 4 nitrogen and oxygen atoms in total. The molecular weight excluding hydrogens is 269 g/mol. The number of aryl methyl sites for hydroxylation is 1. The normalized spacial score (nSPS) is 16.2. The van der Waals surface area contributed by atoms with Crippen LogP contribution >= 0.6 is 0 Å². The molecule has 0 aliphatic carbocycles. The molecule has 3 rings (SSSR count). The maximum Gasteiger partial charge on any atom is 0.123 e. The van der Waals surface area contributed by atoms with Gasteiger partial charge in [-0.1, -0.05) is 0 Å². The van der Waals surface area contributed by atoms with Crippen LogP contribution in [0.2, 0.25) is 0 Å². The standard InChI is InChI=1S/C16H20FN3O/c17-15-4-5-16(20-8-2-6-18-20)14(13-15)3-1-7-19-9-11-21-12-10-19/h2,4-6,8,13H,1,3,7,9-12H2. The highest BCUT2D eigenvalue weighted by molar-refractivity contribution is 5.40. The number of nitrogens with zero attached hydrogens (tertiary/aromatic N) is 3. The molecule has 0 spiro atoms. The lowest BCUT2D eigenvalue weighted by Gasteiger charge is -2.26. The lowest BCUT2D eigenvalue weighted by Crippen LogP contribution is -2.36. The van der Waals surface area contributed by atoms with E-state index in [2.05, 4.69) is 10.00 Å². The Kier molecular flexibility index (Phi) is 4.62. The number of hydrogen-bond acceptors (Lipinski definition) is 3. The Balaban J connectivity index is 1.65. The largest absolute Gasteiger partial charge is 0.379 e. The third-order valence-electron chi connectivity index (χ3n) is 3.82. The molecule has 1 aliphatic heterocycles. The number of ether oxygens (including phenoxy) is 1. The van der Waals surface area contributed by atoms with Crippen LogP contribution in [0.3, 0.4) is 0 Å². The van der Waals surface area contributed by atoms with Crippen LogP contribution in [0.15, 0.2) is 36.7 Å². The van der Waals surface area contributed by atoms with Gasteiger partial charge in [0.15, 0.2) is 0 Å². The molecule has 2 aromatic rings. The highest BCUT2D eigenvalue weighted by Crippen LogP contribution is 2.17. The smallest absolute Gasteiger partial charge is 0.123 e. The first-order valence-corrected chi connectivity index (χ1v) is 7.41. The van der Waals surface area contributed by atoms with Crippen LogP contribution in [0.25, 0.3) is 5.69 Å². The van der Waals surface area contributed by atoms with Gasteiger partial charge >= 0.3 is 0 Å². The van der Waals surface area contributed by atoms with Crippen molar-refractivity contribution in [1.82, 2.24) is 14.7 Å². The Morgan fingerprint density at radius 1 is 1.24 bits per heavy atom. The Labute approximate surface area is 124 Å². The summed E-state index contributed by atoms with van der Waals surface area (Å²) in [7, 11) is 0. The van der Waals surface area contributed by atoms with Crippen LogP contribution < -0.4 is 0 Å². The number of hydrogen-bond donors (Lipinski definition) is 0. The maximum atomic E-state index is 13.5. The fourth-order valence-electron chi connectivity index (χ4n) is 2.71. The third kappa shape index (κ3) is 3.68. The monoisotopic (exact) mass is 289 g/mol. The minimum Gasteiger partial charge on any atom is -0.379 e. The summed E-state index contributed by atoms with van der Waals surface area (Å²) in [6.45, 7) is 4.65. The van der Waals surface area contributed by atoms with Crippen molar-refractivity contribution >= 4 is 0 Å². The van der Waals surface area contributed by atoms with E-state index in [9.17, 15) is 4.39 Å². The van der Waals surface area contributed by atoms with Gasteiger partial charge in [-0.25, -0.2) is 9.07 Å². The predicted molar refractivity (Wildman–Crippen MR) is 79.1 cm³/mol. The summed E-state index contributed by atoms with van der Waals surface area (Å²) in [6.07, 6.45) is 5.49. The average Bonchev–Trinajstić information content (AvgIpc) is 3.03. The van der Waals surface area contributed by atoms with E-state index in [0.29, 0.717) is 0 Å². The Morgan fingerprint density at radius 3 is 2.86 bits per heavy atom. The molecule has 0 saturated carbocycles. The number of halogens is 1. The van der Waals surface area contributed by atoms with Crippen LogP contribution in [-0.4, -0.2) is 47.5 Å². The zero-order valence-electron chi connectivity index (χ0n) is 12.0. The van der Waals surface area contributed by atoms with Gasteiger partial charge < -0.3 is 4.74 Å². The quantitative estimate of drug-likeness (QED) is 0.846. The van der Waals surface area contributed by atoms with E-state index in [1.165, 1.54) is 6.07 Å². The highest BCUT2D eigenvalue weighted by atomic mass is 19.1. The second kappa shape index (κ2) is 6.83. The summed E-state index contributed by atoms with van der Waals surface area (Å²) in [6, 6.07) is 6.78. The van der Waals surface area contributed by atoms with Gasteiger partial charge in [0.1, 0.15) is 5.82 Å². The Hall–Kier alpha value is -1.72. The number of morpholine rings is 1. The maximum absolute atomic E-state index is 13.5. The van der Waals surface area contributed by atoms with Gasteiger partial charge in [0, 0.05) is 25.5 Å². The van der Waals surface area contributed by atoms with E-state index in [4.69, 9.17) is 4.74 Å². The van der Waals surface area contributed by atoms with Gasteiger partial charge in [-0.15, -0.1) is 0 Å². The number of rotatable bonds is 5. The van der Waals surface area contributed by atoms with Crippen molar-refractivity contribution in [3.05, 3.63) is 48.0 Å². The van der Waals surface area contributed by atoms with E-state index in [1.807, 2.05) is 12.3 Å². The van der Waals surface area contributed by atoms with Crippen molar-refractivity contribution in [1.29, 1.82) is 0 Å². The minimum absolute atomic E-state index is 0.188. The van der Waals surface area contributed by atoms with Gasteiger partial charge in [-0.3, -0.25) is 4.90 Å². The molecule has 0 atom stereocenters. The summed E-state index contributed by atoms with van der Waals surface area (Å²) in [5.74, 6) is -0.188. The number of aromatic nitrogens is 2. The van der Waals surface area contributed by atoms with Crippen LogP contribution in [0.5, 0.6) is 0 Å². The molecule has 1 saturated heterocycles. The summed E-state index contributed by atoms with van der Waals surface area (Å²) >= 11 is 0. The summed E-state index contributed by atoms with van der Waals surface area (Å²) in [5, 5.41) is 4.24. The van der Waals surface area contributed by atoms with Crippen LogP contribution in [-0.2, 0) is 11.2 Å². The molecular formula is C16H20FN3O. The lowest BCUT2D eigenvalue weighted by molar-refractivity contribution is 0.0374. The lowest BCUT2D eigenvalue weighted by atomic mass is 10.1. The van der Waals surface area contributed by atoms with Gasteiger partial charge in [0.25, 0.3) is 0 Å². The van der Waals surface area contributed by atoms with Crippen molar-refractivity contribution in [2.45, 2.75) is 12.8 Å². The highest BCUT2D eigenvalue weighted by Gasteiger charge is 2.11. The van der Waals surface area contributed by atoms with E-state index in [-0.39, 0.29) is 5.82 Å². The van der Waals surface area contributed by atoms with E-state index in [0.717, 1.165) is 56.9 Å². The summed E-state index contributed by atoms with van der Waals surface area (Å²) < 4.78 is 20.7. The molecule has 0 amide bonds. The first-order chi connectivity index (χ1) is 10.3. The Bertz CT molecular complexity index is 565. The van der Waals surface area contributed by atoms with Crippen molar-refractivity contribution in [3.63, 3.8) is 0 Å². The van der Waals surface area contributed by atoms with Crippen LogP contribution in [0.1, 0.15) is 12.0 Å². The molecule has 2 heterocycles. The van der Waals surface area contributed by atoms with Gasteiger partial charge in [-0.2, -0.15) is 5.10 Å². The fraction of sp³-hybridized carbons (Fsp3) is 0.438. The average molecular weight is 289 g/mol. The summed E-state index contributed by atoms with van der Waals surface area (Å²) in [5.41, 5.74) is 1.97. The molecule has 21 heavy (non-hydrogen) atoms. The molecule has 1 fully saturated rings. The Morgan fingerprint density at radius 2 is 2.10 bits per heavy atom. The predicted octanol–water partition coefficient (Wildman–Crippen LogP) is 2.28. The molecule has 112 valence electrons. The molecule has 0 bridgehead atoms. The van der Waals surface area contributed by atoms with Crippen LogP contribution in [0, 0.1) is 5.82 Å². The van der Waals surface area contributed by atoms with E-state index in [1.54, 1.807) is 23.0 Å². The zero-order valence-corrected chi connectivity index (χ0v) is 12.0.